The van der Waals surface area contributed by atoms with Crippen LogP contribution in [0.5, 0.6) is 0 Å². The normalized spacial score (nSPS) is 27.5. The monoisotopic (exact) mass is 258 g/mol. The van der Waals surface area contributed by atoms with Crippen LogP contribution in [0.3, 0.4) is 0 Å². The number of benzene rings is 1. The molecule has 0 aromatic heterocycles. The highest BCUT2D eigenvalue weighted by molar-refractivity contribution is 5.27. The summed E-state index contributed by atoms with van der Waals surface area (Å²) in [6.45, 7) is 8.56. The maximum absolute atomic E-state index is 3.52. The molecule has 19 heavy (non-hydrogen) atoms. The van der Waals surface area contributed by atoms with Gasteiger partial charge in [-0.25, -0.2) is 0 Å². The minimum Gasteiger partial charge on any atom is -0.317 e. The highest BCUT2D eigenvalue weighted by Crippen LogP contribution is 2.35. The third kappa shape index (κ3) is 2.85. The first-order chi connectivity index (χ1) is 9.28. The second kappa shape index (κ2) is 5.64. The molecule has 0 amide bonds. The van der Waals surface area contributed by atoms with Crippen LogP contribution in [-0.4, -0.2) is 37.6 Å². The lowest BCUT2D eigenvalue weighted by Crippen LogP contribution is -2.47. The summed E-state index contributed by atoms with van der Waals surface area (Å²) in [5.41, 5.74) is 1.94. The number of nitrogens with zero attached hydrogens (tertiary/aromatic N) is 1. The van der Waals surface area contributed by atoms with Crippen LogP contribution >= 0.6 is 0 Å². The number of hydrogen-bond acceptors (Lipinski definition) is 2. The molecule has 3 rings (SSSR count). The van der Waals surface area contributed by atoms with E-state index in [9.17, 15) is 0 Å². The molecule has 0 aliphatic carbocycles. The highest BCUT2D eigenvalue weighted by Gasteiger charge is 2.36. The van der Waals surface area contributed by atoms with Crippen LogP contribution in [0.2, 0.25) is 0 Å². The van der Waals surface area contributed by atoms with E-state index in [1.54, 1.807) is 5.56 Å². The summed E-state index contributed by atoms with van der Waals surface area (Å²) >= 11 is 0. The summed E-state index contributed by atoms with van der Waals surface area (Å²) in [4.78, 5) is 2.70. The Morgan fingerprint density at radius 2 is 1.95 bits per heavy atom. The van der Waals surface area contributed by atoms with Gasteiger partial charge in [0.05, 0.1) is 0 Å². The molecule has 0 radical (unpaired) electrons. The molecule has 2 fully saturated rings. The molecule has 2 aliphatic heterocycles. The molecule has 2 heterocycles. The average Bonchev–Trinajstić information content (AvgIpc) is 2.86. The van der Waals surface area contributed by atoms with Crippen molar-refractivity contribution in [2.75, 3.05) is 32.7 Å². The van der Waals surface area contributed by atoms with Gasteiger partial charge in [-0.05, 0) is 50.4 Å². The fourth-order valence-electron chi connectivity index (χ4n) is 3.83. The molecule has 0 saturated carbocycles. The second-order valence-corrected chi connectivity index (χ2v) is 6.53. The quantitative estimate of drug-likeness (QED) is 0.896. The molecule has 1 atom stereocenters. The Morgan fingerprint density at radius 1 is 1.21 bits per heavy atom. The lowest BCUT2D eigenvalue weighted by molar-refractivity contribution is 0.197. The van der Waals surface area contributed by atoms with E-state index in [1.807, 2.05) is 0 Å². The largest absolute Gasteiger partial charge is 0.317 e. The average molecular weight is 258 g/mol. The van der Waals surface area contributed by atoms with Gasteiger partial charge in [0.2, 0.25) is 0 Å². The van der Waals surface area contributed by atoms with E-state index in [0.29, 0.717) is 5.41 Å². The Bertz CT molecular complexity index is 395. The van der Waals surface area contributed by atoms with Crippen molar-refractivity contribution < 1.29 is 0 Å². The Balaban J connectivity index is 1.80. The molecular weight excluding hydrogens is 232 g/mol. The van der Waals surface area contributed by atoms with Gasteiger partial charge in [0, 0.05) is 18.5 Å². The predicted octanol–water partition coefficient (Wildman–Crippen LogP) is 2.65. The van der Waals surface area contributed by atoms with Crippen molar-refractivity contribution in [1.29, 1.82) is 0 Å². The zero-order chi connectivity index (χ0) is 13.1. The van der Waals surface area contributed by atoms with Crippen LogP contribution in [0.4, 0.5) is 0 Å². The van der Waals surface area contributed by atoms with Crippen LogP contribution in [0.15, 0.2) is 30.3 Å². The molecule has 2 aliphatic rings. The van der Waals surface area contributed by atoms with Crippen molar-refractivity contribution in [3.63, 3.8) is 0 Å². The molecule has 1 aromatic rings. The van der Waals surface area contributed by atoms with E-state index in [-0.39, 0.29) is 0 Å². The van der Waals surface area contributed by atoms with Gasteiger partial charge in [0.1, 0.15) is 0 Å². The minimum atomic E-state index is 0.385. The van der Waals surface area contributed by atoms with Gasteiger partial charge in [-0.2, -0.15) is 0 Å². The van der Waals surface area contributed by atoms with Gasteiger partial charge in [-0.3, -0.25) is 0 Å². The van der Waals surface area contributed by atoms with Crippen LogP contribution in [0.1, 0.15) is 31.7 Å². The van der Waals surface area contributed by atoms with Gasteiger partial charge in [-0.15, -0.1) is 0 Å². The molecule has 104 valence electrons. The first-order valence-corrected chi connectivity index (χ1v) is 7.77. The summed E-state index contributed by atoms with van der Waals surface area (Å²) in [5, 5.41) is 3.52. The summed E-state index contributed by atoms with van der Waals surface area (Å²) in [6, 6.07) is 11.2. The van der Waals surface area contributed by atoms with E-state index in [1.165, 1.54) is 38.9 Å². The number of rotatable bonds is 3. The predicted molar refractivity (Wildman–Crippen MR) is 80.4 cm³/mol. The fourth-order valence-corrected chi connectivity index (χ4v) is 3.83. The van der Waals surface area contributed by atoms with Gasteiger partial charge >= 0.3 is 0 Å². The second-order valence-electron chi connectivity index (χ2n) is 6.53. The molecule has 2 nitrogen and oxygen atoms in total. The van der Waals surface area contributed by atoms with Gasteiger partial charge in [0.25, 0.3) is 0 Å². The number of hydrogen-bond donors (Lipinski definition) is 1. The van der Waals surface area contributed by atoms with Crippen molar-refractivity contribution in [3.8, 4) is 0 Å². The summed E-state index contributed by atoms with van der Waals surface area (Å²) < 4.78 is 0. The number of likely N-dealkylation sites (tertiary alicyclic amines) is 1. The Kier molecular flexibility index (Phi) is 3.90. The molecule has 2 saturated heterocycles. The van der Waals surface area contributed by atoms with Crippen LogP contribution in [0.25, 0.3) is 0 Å². The highest BCUT2D eigenvalue weighted by atomic mass is 15.2. The van der Waals surface area contributed by atoms with E-state index < -0.39 is 0 Å². The topological polar surface area (TPSA) is 15.3 Å². The van der Waals surface area contributed by atoms with Crippen molar-refractivity contribution in [2.24, 2.45) is 5.92 Å². The first-order valence-electron chi connectivity index (χ1n) is 7.77. The molecule has 0 spiro atoms. The molecule has 0 bridgehead atoms. The lowest BCUT2D eigenvalue weighted by Gasteiger charge is -2.41. The Morgan fingerprint density at radius 3 is 2.58 bits per heavy atom. The van der Waals surface area contributed by atoms with Gasteiger partial charge in [-0.1, -0.05) is 37.3 Å². The number of piperidine rings is 1. The fraction of sp³-hybridized carbons (Fsp3) is 0.647. The van der Waals surface area contributed by atoms with E-state index in [0.717, 1.165) is 19.0 Å². The van der Waals surface area contributed by atoms with Gasteiger partial charge < -0.3 is 10.2 Å². The van der Waals surface area contributed by atoms with Crippen molar-refractivity contribution in [1.82, 2.24) is 10.2 Å². The van der Waals surface area contributed by atoms with E-state index >= 15 is 0 Å². The van der Waals surface area contributed by atoms with Crippen molar-refractivity contribution >= 4 is 0 Å². The molecular formula is C17H26N2. The molecule has 1 N–H and O–H groups in total. The third-order valence-electron chi connectivity index (χ3n) is 4.98. The summed E-state index contributed by atoms with van der Waals surface area (Å²) in [7, 11) is 0. The Hall–Kier alpha value is -0.860. The third-order valence-corrected chi connectivity index (χ3v) is 4.98. The Labute approximate surface area is 117 Å². The van der Waals surface area contributed by atoms with Crippen molar-refractivity contribution in [2.45, 2.75) is 31.6 Å². The summed E-state index contributed by atoms with van der Waals surface area (Å²) in [6.07, 6.45) is 3.94. The van der Waals surface area contributed by atoms with Crippen molar-refractivity contribution in [3.05, 3.63) is 35.9 Å². The maximum Gasteiger partial charge on any atom is 0.0104 e. The van der Waals surface area contributed by atoms with E-state index in [2.05, 4.69) is 47.5 Å². The zero-order valence-corrected chi connectivity index (χ0v) is 12.1. The lowest BCUT2D eigenvalue weighted by atomic mass is 9.73. The van der Waals surface area contributed by atoms with Crippen LogP contribution < -0.4 is 5.32 Å². The first kappa shape index (κ1) is 13.1. The zero-order valence-electron chi connectivity index (χ0n) is 12.1. The SMILES string of the molecule is CC1CCN(CC2(c3ccccc3)CCNCC2)C1. The molecule has 2 heteroatoms. The van der Waals surface area contributed by atoms with Gasteiger partial charge in [0.15, 0.2) is 0 Å². The van der Waals surface area contributed by atoms with E-state index in [4.69, 9.17) is 0 Å². The summed E-state index contributed by atoms with van der Waals surface area (Å²) in [5.74, 6) is 0.884. The standard InChI is InChI=1S/C17H26N2/c1-15-7-12-19(13-15)14-17(8-10-18-11-9-17)16-5-3-2-4-6-16/h2-6,15,18H,7-14H2,1H3. The van der Waals surface area contributed by atoms with Crippen LogP contribution in [-0.2, 0) is 5.41 Å². The minimum absolute atomic E-state index is 0.385. The molecule has 1 aromatic carbocycles. The smallest absolute Gasteiger partial charge is 0.0104 e. The number of nitrogens with one attached hydrogen (secondary N) is 1. The molecule has 1 unspecified atom stereocenters. The maximum atomic E-state index is 3.52. The van der Waals surface area contributed by atoms with Crippen LogP contribution in [0, 0.1) is 5.92 Å².